The van der Waals surface area contributed by atoms with Gasteiger partial charge in [-0.15, -0.1) is 0 Å². The lowest BCUT2D eigenvalue weighted by Crippen LogP contribution is -2.33. The summed E-state index contributed by atoms with van der Waals surface area (Å²) in [4.78, 5) is 31.1. The summed E-state index contributed by atoms with van der Waals surface area (Å²) in [5.41, 5.74) is 5.97. The van der Waals surface area contributed by atoms with Gasteiger partial charge in [0.2, 0.25) is 11.9 Å². The number of rotatable bonds is 6. The molecule has 2 aromatic heterocycles. The topological polar surface area (TPSA) is 71.5 Å². The summed E-state index contributed by atoms with van der Waals surface area (Å²) in [6, 6.07) is 7.85. The summed E-state index contributed by atoms with van der Waals surface area (Å²) >= 11 is 0. The average molecular weight is 446 g/mol. The van der Waals surface area contributed by atoms with E-state index >= 15 is 0 Å². The van der Waals surface area contributed by atoms with Gasteiger partial charge in [0.25, 0.3) is 0 Å². The molecule has 0 saturated carbocycles. The van der Waals surface area contributed by atoms with E-state index in [1.807, 2.05) is 74.4 Å². The summed E-state index contributed by atoms with van der Waals surface area (Å²) in [6.07, 6.45) is 7.63. The molecule has 0 spiro atoms. The van der Waals surface area contributed by atoms with Crippen molar-refractivity contribution in [3.8, 4) is 16.9 Å². The molecule has 1 unspecified atom stereocenters. The van der Waals surface area contributed by atoms with E-state index in [0.717, 1.165) is 52.1 Å². The Morgan fingerprint density at radius 1 is 1.18 bits per heavy atom. The van der Waals surface area contributed by atoms with E-state index in [9.17, 15) is 4.79 Å². The number of hydrogen-bond acceptors (Lipinski definition) is 6. The number of benzene rings is 1. The molecule has 7 heteroatoms. The molecule has 172 valence electrons. The third-order valence-electron chi connectivity index (χ3n) is 6.18. The molecular formula is C26H31N5O2. The van der Waals surface area contributed by atoms with Crippen LogP contribution in [0.4, 0.5) is 5.95 Å². The van der Waals surface area contributed by atoms with Crippen molar-refractivity contribution in [1.82, 2.24) is 19.9 Å². The molecule has 1 aliphatic rings. The predicted molar refractivity (Wildman–Crippen MR) is 129 cm³/mol. The van der Waals surface area contributed by atoms with Crippen LogP contribution in [0.5, 0.6) is 5.75 Å². The van der Waals surface area contributed by atoms with Gasteiger partial charge >= 0.3 is 0 Å². The lowest BCUT2D eigenvalue weighted by atomic mass is 9.97. The van der Waals surface area contributed by atoms with Crippen LogP contribution >= 0.6 is 0 Å². The maximum Gasteiger partial charge on any atom is 0.227 e. The van der Waals surface area contributed by atoms with Crippen molar-refractivity contribution in [3.05, 3.63) is 65.2 Å². The highest BCUT2D eigenvalue weighted by Crippen LogP contribution is 2.38. The second-order valence-electron chi connectivity index (χ2n) is 8.79. The number of aryl methyl sites for hydroxylation is 2. The molecule has 4 rings (SSSR count). The van der Waals surface area contributed by atoms with E-state index in [-0.39, 0.29) is 11.9 Å². The molecule has 1 atom stereocenters. The standard InChI is InChI=1S/C26H31N5O2/c1-17-8-9-23(33-5)19(13-17)14-24(32)31-12-6-7-22(31)25-21(16-28-26(29-25)30(3)4)20-10-11-27-15-18(20)2/h8-11,13,15-16,22H,6-7,12,14H2,1-5H3. The van der Waals surface area contributed by atoms with Crippen molar-refractivity contribution in [2.45, 2.75) is 39.2 Å². The fourth-order valence-electron chi connectivity index (χ4n) is 4.50. The van der Waals surface area contributed by atoms with Crippen LogP contribution < -0.4 is 9.64 Å². The molecule has 1 fully saturated rings. The van der Waals surface area contributed by atoms with E-state index in [1.165, 1.54) is 0 Å². The highest BCUT2D eigenvalue weighted by Gasteiger charge is 2.33. The Kier molecular flexibility index (Phi) is 6.58. The normalized spacial score (nSPS) is 15.5. The maximum atomic E-state index is 13.5. The number of ether oxygens (including phenoxy) is 1. The summed E-state index contributed by atoms with van der Waals surface area (Å²) in [7, 11) is 5.50. The minimum Gasteiger partial charge on any atom is -0.496 e. The van der Waals surface area contributed by atoms with Crippen molar-refractivity contribution in [1.29, 1.82) is 0 Å². The molecule has 3 heterocycles. The number of methoxy groups -OCH3 is 1. The molecular weight excluding hydrogens is 414 g/mol. The maximum absolute atomic E-state index is 13.5. The number of amides is 1. The second-order valence-corrected chi connectivity index (χ2v) is 8.79. The highest BCUT2D eigenvalue weighted by atomic mass is 16.5. The van der Waals surface area contributed by atoms with E-state index in [4.69, 9.17) is 9.72 Å². The Bertz CT molecular complexity index is 1160. The number of aromatic nitrogens is 3. The zero-order valence-corrected chi connectivity index (χ0v) is 20.0. The predicted octanol–water partition coefficient (Wildman–Crippen LogP) is 4.14. The second kappa shape index (κ2) is 9.57. The van der Waals surface area contributed by atoms with Crippen LogP contribution in [0.2, 0.25) is 0 Å². The van der Waals surface area contributed by atoms with Crippen molar-refractivity contribution >= 4 is 11.9 Å². The first kappa shape index (κ1) is 22.7. The molecule has 0 N–H and O–H groups in total. The Hall–Kier alpha value is -3.48. The number of pyridine rings is 1. The zero-order valence-electron chi connectivity index (χ0n) is 20.0. The van der Waals surface area contributed by atoms with Crippen LogP contribution in [0.3, 0.4) is 0 Å². The number of carbonyl (C=O) groups excluding carboxylic acids is 1. The summed E-state index contributed by atoms with van der Waals surface area (Å²) in [5, 5.41) is 0. The molecule has 0 bridgehead atoms. The minimum absolute atomic E-state index is 0.0869. The van der Waals surface area contributed by atoms with Crippen LogP contribution in [0, 0.1) is 13.8 Å². The molecule has 7 nitrogen and oxygen atoms in total. The van der Waals surface area contributed by atoms with E-state index in [1.54, 1.807) is 13.3 Å². The largest absolute Gasteiger partial charge is 0.496 e. The van der Waals surface area contributed by atoms with Crippen molar-refractivity contribution in [3.63, 3.8) is 0 Å². The number of carbonyl (C=O) groups is 1. The fourth-order valence-corrected chi connectivity index (χ4v) is 4.50. The number of hydrogen-bond donors (Lipinski definition) is 0. The van der Waals surface area contributed by atoms with Gasteiger partial charge in [-0.25, -0.2) is 9.97 Å². The Labute approximate surface area is 195 Å². The molecule has 1 amide bonds. The summed E-state index contributed by atoms with van der Waals surface area (Å²) in [6.45, 7) is 4.78. The third kappa shape index (κ3) is 4.67. The lowest BCUT2D eigenvalue weighted by Gasteiger charge is -2.27. The van der Waals surface area contributed by atoms with Crippen LogP contribution in [0.25, 0.3) is 11.1 Å². The number of likely N-dealkylation sites (tertiary alicyclic amines) is 1. The number of anilines is 1. The number of nitrogens with zero attached hydrogens (tertiary/aromatic N) is 5. The van der Waals surface area contributed by atoms with Crippen LogP contribution in [-0.4, -0.2) is 53.5 Å². The minimum atomic E-state index is -0.0995. The molecule has 33 heavy (non-hydrogen) atoms. The average Bonchev–Trinajstić information content (AvgIpc) is 3.29. The van der Waals surface area contributed by atoms with Gasteiger partial charge in [-0.05, 0) is 49.9 Å². The first-order chi connectivity index (χ1) is 15.9. The third-order valence-corrected chi connectivity index (χ3v) is 6.18. The first-order valence-electron chi connectivity index (χ1n) is 11.3. The van der Waals surface area contributed by atoms with Crippen LogP contribution in [-0.2, 0) is 11.2 Å². The molecule has 1 aromatic carbocycles. The Morgan fingerprint density at radius 3 is 2.73 bits per heavy atom. The van der Waals surface area contributed by atoms with Gasteiger partial charge in [0, 0.05) is 50.4 Å². The van der Waals surface area contributed by atoms with Gasteiger partial charge in [-0.2, -0.15) is 0 Å². The van der Waals surface area contributed by atoms with Gasteiger partial charge in [-0.1, -0.05) is 17.7 Å². The smallest absolute Gasteiger partial charge is 0.227 e. The fraction of sp³-hybridized carbons (Fsp3) is 0.385. The van der Waals surface area contributed by atoms with Crippen molar-refractivity contribution < 1.29 is 9.53 Å². The quantitative estimate of drug-likeness (QED) is 0.568. The van der Waals surface area contributed by atoms with E-state index < -0.39 is 0 Å². The first-order valence-corrected chi connectivity index (χ1v) is 11.3. The van der Waals surface area contributed by atoms with E-state index in [0.29, 0.717) is 18.9 Å². The van der Waals surface area contributed by atoms with Crippen molar-refractivity contribution in [2.24, 2.45) is 0 Å². The lowest BCUT2D eigenvalue weighted by molar-refractivity contribution is -0.131. The van der Waals surface area contributed by atoms with Crippen LogP contribution in [0.15, 0.2) is 42.9 Å². The summed E-state index contributed by atoms with van der Waals surface area (Å²) < 4.78 is 5.50. The molecule has 1 saturated heterocycles. The van der Waals surface area contributed by atoms with Gasteiger partial charge in [0.15, 0.2) is 0 Å². The van der Waals surface area contributed by atoms with Gasteiger partial charge in [0.05, 0.1) is 25.3 Å². The SMILES string of the molecule is COc1ccc(C)cc1CC(=O)N1CCCC1c1nc(N(C)C)ncc1-c1ccncc1C. The zero-order chi connectivity index (χ0) is 23.5. The Morgan fingerprint density at radius 2 is 2.00 bits per heavy atom. The van der Waals surface area contributed by atoms with Gasteiger partial charge in [-0.3, -0.25) is 9.78 Å². The van der Waals surface area contributed by atoms with Gasteiger partial charge in [0.1, 0.15) is 5.75 Å². The summed E-state index contributed by atoms with van der Waals surface area (Å²) in [5.74, 6) is 1.47. The molecule has 3 aromatic rings. The van der Waals surface area contributed by atoms with Crippen molar-refractivity contribution in [2.75, 3.05) is 32.6 Å². The monoisotopic (exact) mass is 445 g/mol. The van der Waals surface area contributed by atoms with Crippen LogP contribution in [0.1, 0.15) is 41.3 Å². The Balaban J connectivity index is 1.72. The van der Waals surface area contributed by atoms with Gasteiger partial charge < -0.3 is 14.5 Å². The highest BCUT2D eigenvalue weighted by molar-refractivity contribution is 5.81. The molecule has 0 radical (unpaired) electrons. The van der Waals surface area contributed by atoms with E-state index in [2.05, 4.69) is 9.97 Å². The molecule has 1 aliphatic heterocycles. The molecule has 0 aliphatic carbocycles.